The monoisotopic (exact) mass is 342 g/mol. The average molecular weight is 342 g/mol. The third-order valence-corrected chi connectivity index (χ3v) is 4.69. The predicted molar refractivity (Wildman–Crippen MR) is 92.3 cm³/mol. The Morgan fingerprint density at radius 2 is 2.04 bits per heavy atom. The third-order valence-electron chi connectivity index (χ3n) is 3.65. The van der Waals surface area contributed by atoms with Crippen molar-refractivity contribution in [3.63, 3.8) is 0 Å². The van der Waals surface area contributed by atoms with E-state index in [1.807, 2.05) is 47.9 Å². The Bertz CT molecular complexity index is 868. The summed E-state index contributed by atoms with van der Waals surface area (Å²) in [5, 5.41) is 11.0. The van der Waals surface area contributed by atoms with Gasteiger partial charge in [0.15, 0.2) is 11.4 Å². The van der Waals surface area contributed by atoms with Gasteiger partial charge in [-0.15, -0.1) is 21.5 Å². The van der Waals surface area contributed by atoms with E-state index in [0.29, 0.717) is 13.0 Å². The molecule has 1 N–H and O–H groups in total. The lowest BCUT2D eigenvalue weighted by molar-refractivity contribution is -0.121. The molecule has 1 amide bonds. The summed E-state index contributed by atoms with van der Waals surface area (Å²) in [7, 11) is 0. The van der Waals surface area contributed by atoms with Crippen molar-refractivity contribution in [3.05, 3.63) is 52.1 Å². The van der Waals surface area contributed by atoms with Crippen molar-refractivity contribution in [2.75, 3.05) is 6.54 Å². The minimum absolute atomic E-state index is 0.0201. The van der Waals surface area contributed by atoms with Gasteiger partial charge in [0, 0.05) is 36.9 Å². The largest absolute Gasteiger partial charge is 0.356 e. The van der Waals surface area contributed by atoms with Crippen molar-refractivity contribution in [3.8, 4) is 0 Å². The molecular formula is C17H18N4O2S. The molecule has 0 aliphatic carbocycles. The van der Waals surface area contributed by atoms with Crippen LogP contribution < -0.4 is 5.32 Å². The Kier molecular flexibility index (Phi) is 5.00. The van der Waals surface area contributed by atoms with Gasteiger partial charge >= 0.3 is 0 Å². The smallest absolute Gasteiger partial charge is 0.220 e. The van der Waals surface area contributed by atoms with Gasteiger partial charge in [-0.25, -0.2) is 0 Å². The normalized spacial score (nSPS) is 10.9. The first kappa shape index (κ1) is 16.3. The fourth-order valence-electron chi connectivity index (χ4n) is 2.40. The molecule has 3 aromatic rings. The van der Waals surface area contributed by atoms with Crippen LogP contribution in [0.1, 0.15) is 33.2 Å². The van der Waals surface area contributed by atoms with Gasteiger partial charge in [-0.05, 0) is 31.2 Å². The van der Waals surface area contributed by atoms with Gasteiger partial charge < -0.3 is 5.32 Å². The predicted octanol–water partition coefficient (Wildman–Crippen LogP) is 2.42. The number of rotatable bonds is 7. The van der Waals surface area contributed by atoms with Gasteiger partial charge in [0.25, 0.3) is 0 Å². The number of pyridine rings is 1. The highest BCUT2D eigenvalue weighted by Crippen LogP contribution is 2.17. The number of nitrogens with zero attached hydrogens (tertiary/aromatic N) is 3. The molecular weight excluding hydrogens is 324 g/mol. The van der Waals surface area contributed by atoms with Crippen LogP contribution in [0.15, 0.2) is 36.5 Å². The zero-order valence-corrected chi connectivity index (χ0v) is 14.2. The number of aromatic nitrogens is 3. The van der Waals surface area contributed by atoms with Crippen LogP contribution in [0.2, 0.25) is 0 Å². The molecule has 0 spiro atoms. The summed E-state index contributed by atoms with van der Waals surface area (Å²) in [6, 6.07) is 9.43. The summed E-state index contributed by atoms with van der Waals surface area (Å²) in [4.78, 5) is 25.7. The van der Waals surface area contributed by atoms with Crippen LogP contribution in [0.5, 0.6) is 0 Å². The number of nitrogens with one attached hydrogen (secondary N) is 1. The molecule has 0 aliphatic rings. The molecule has 0 fully saturated rings. The van der Waals surface area contributed by atoms with Crippen LogP contribution in [-0.4, -0.2) is 32.8 Å². The molecule has 6 nitrogen and oxygen atoms in total. The lowest BCUT2D eigenvalue weighted by atomic mass is 10.2. The number of ketones is 1. The van der Waals surface area contributed by atoms with Crippen LogP contribution in [0.3, 0.4) is 0 Å². The van der Waals surface area contributed by atoms with Gasteiger partial charge in [0.1, 0.15) is 5.82 Å². The second-order valence-corrected chi connectivity index (χ2v) is 6.77. The molecule has 0 aliphatic heterocycles. The summed E-state index contributed by atoms with van der Waals surface area (Å²) < 4.78 is 1.90. The number of hydrogen-bond donors (Lipinski definition) is 1. The van der Waals surface area contributed by atoms with E-state index < -0.39 is 0 Å². The lowest BCUT2D eigenvalue weighted by Crippen LogP contribution is -2.26. The third kappa shape index (κ3) is 3.86. The van der Waals surface area contributed by atoms with Gasteiger partial charge in [0.05, 0.1) is 4.88 Å². The van der Waals surface area contributed by atoms with Crippen molar-refractivity contribution in [1.82, 2.24) is 19.9 Å². The summed E-state index contributed by atoms with van der Waals surface area (Å²) in [6.07, 6.45) is 2.93. The quantitative estimate of drug-likeness (QED) is 0.669. The van der Waals surface area contributed by atoms with Crippen molar-refractivity contribution in [2.24, 2.45) is 0 Å². The topological polar surface area (TPSA) is 76.4 Å². The summed E-state index contributed by atoms with van der Waals surface area (Å²) in [5.74, 6) is 0.702. The molecule has 0 radical (unpaired) electrons. The van der Waals surface area contributed by atoms with Crippen molar-refractivity contribution in [2.45, 2.75) is 26.2 Å². The Morgan fingerprint density at radius 1 is 1.17 bits per heavy atom. The standard InChI is InChI=1S/C17H18N4O2S/c1-12-5-7-14(24-12)13(22)6-8-17(23)18-10-9-16-20-19-15-4-2-3-11-21(15)16/h2-5,7,11H,6,8-10H2,1H3,(H,18,23). The Balaban J connectivity index is 1.43. The molecule has 0 saturated carbocycles. The van der Waals surface area contributed by atoms with E-state index in [2.05, 4.69) is 15.5 Å². The van der Waals surface area contributed by atoms with Crippen molar-refractivity contribution >= 4 is 28.7 Å². The molecule has 3 heterocycles. The Hall–Kier alpha value is -2.54. The van der Waals surface area contributed by atoms with Crippen LogP contribution in [-0.2, 0) is 11.2 Å². The number of Topliss-reactive ketones (excluding diaryl/α,β-unsaturated/α-hetero) is 1. The van der Waals surface area contributed by atoms with Gasteiger partial charge in [0.2, 0.25) is 5.91 Å². The number of hydrogen-bond acceptors (Lipinski definition) is 5. The van der Waals surface area contributed by atoms with E-state index in [0.717, 1.165) is 21.2 Å². The molecule has 0 atom stereocenters. The second-order valence-electron chi connectivity index (χ2n) is 5.48. The average Bonchev–Trinajstić information content (AvgIpc) is 3.19. The first-order chi connectivity index (χ1) is 11.6. The highest BCUT2D eigenvalue weighted by molar-refractivity contribution is 7.14. The number of carbonyl (C=O) groups is 2. The first-order valence-corrected chi connectivity index (χ1v) is 8.60. The zero-order valence-electron chi connectivity index (χ0n) is 13.4. The number of fused-ring (bicyclic) bond motifs is 1. The SMILES string of the molecule is Cc1ccc(C(=O)CCC(=O)NCCc2nnc3ccccn23)s1. The maximum absolute atomic E-state index is 12.0. The highest BCUT2D eigenvalue weighted by atomic mass is 32.1. The molecule has 0 unspecified atom stereocenters. The number of thiophene rings is 1. The van der Waals surface area contributed by atoms with E-state index in [1.54, 1.807) is 0 Å². The van der Waals surface area contributed by atoms with E-state index in [1.165, 1.54) is 11.3 Å². The molecule has 124 valence electrons. The van der Waals surface area contributed by atoms with Crippen LogP contribution in [0.4, 0.5) is 0 Å². The van der Waals surface area contributed by atoms with E-state index in [-0.39, 0.29) is 24.5 Å². The number of amides is 1. The fourth-order valence-corrected chi connectivity index (χ4v) is 3.23. The molecule has 0 bridgehead atoms. The molecule has 0 saturated heterocycles. The molecule has 3 rings (SSSR count). The maximum atomic E-state index is 12.0. The molecule has 7 heteroatoms. The van der Waals surface area contributed by atoms with E-state index in [4.69, 9.17) is 0 Å². The van der Waals surface area contributed by atoms with Crippen molar-refractivity contribution in [1.29, 1.82) is 0 Å². The van der Waals surface area contributed by atoms with E-state index >= 15 is 0 Å². The lowest BCUT2D eigenvalue weighted by Gasteiger charge is -2.04. The Labute approximate surface area is 143 Å². The van der Waals surface area contributed by atoms with Crippen LogP contribution in [0, 0.1) is 6.92 Å². The molecule has 24 heavy (non-hydrogen) atoms. The zero-order chi connectivity index (χ0) is 16.9. The van der Waals surface area contributed by atoms with Crippen molar-refractivity contribution < 1.29 is 9.59 Å². The molecule has 0 aromatic carbocycles. The Morgan fingerprint density at radius 3 is 2.83 bits per heavy atom. The molecule has 3 aromatic heterocycles. The minimum Gasteiger partial charge on any atom is -0.356 e. The minimum atomic E-state index is -0.120. The van der Waals surface area contributed by atoms with Gasteiger partial charge in [-0.3, -0.25) is 14.0 Å². The summed E-state index contributed by atoms with van der Waals surface area (Å²) >= 11 is 1.47. The second kappa shape index (κ2) is 7.35. The van der Waals surface area contributed by atoms with E-state index in [9.17, 15) is 9.59 Å². The van der Waals surface area contributed by atoms with Crippen LogP contribution in [0.25, 0.3) is 5.65 Å². The summed E-state index contributed by atoms with van der Waals surface area (Å²) in [6.45, 7) is 2.43. The number of carbonyl (C=O) groups excluding carboxylic acids is 2. The number of aryl methyl sites for hydroxylation is 1. The van der Waals surface area contributed by atoms with Gasteiger partial charge in [-0.1, -0.05) is 6.07 Å². The van der Waals surface area contributed by atoms with Crippen LogP contribution >= 0.6 is 11.3 Å². The fraction of sp³-hybridized carbons (Fsp3) is 0.294. The van der Waals surface area contributed by atoms with Gasteiger partial charge in [-0.2, -0.15) is 0 Å². The first-order valence-electron chi connectivity index (χ1n) is 7.78. The highest BCUT2D eigenvalue weighted by Gasteiger charge is 2.11. The maximum Gasteiger partial charge on any atom is 0.220 e. The summed E-state index contributed by atoms with van der Waals surface area (Å²) in [5.41, 5.74) is 0.788.